The number of nitrogens with one attached hydrogen (secondary N) is 3. The van der Waals surface area contributed by atoms with Gasteiger partial charge in [0.15, 0.2) is 5.96 Å². The van der Waals surface area contributed by atoms with E-state index in [1.54, 1.807) is 19.0 Å². The lowest BCUT2D eigenvalue weighted by Crippen LogP contribution is -2.41. The summed E-state index contributed by atoms with van der Waals surface area (Å²) in [7, 11) is 3.43. The first-order valence-electron chi connectivity index (χ1n) is 5.68. The first kappa shape index (κ1) is 12.2. The van der Waals surface area contributed by atoms with Gasteiger partial charge in [0.25, 0.3) is 5.91 Å². The number of rotatable bonds is 1. The number of benzene rings is 1. The summed E-state index contributed by atoms with van der Waals surface area (Å²) < 4.78 is 0. The summed E-state index contributed by atoms with van der Waals surface area (Å²) in [4.78, 5) is 13.5. The summed E-state index contributed by atoms with van der Waals surface area (Å²) in [5, 5.41) is 13.3. The van der Waals surface area contributed by atoms with E-state index in [0.717, 1.165) is 11.3 Å². The Labute approximate surface area is 106 Å². The number of hydrogen-bond acceptors (Lipinski definition) is 3. The van der Waals surface area contributed by atoms with Gasteiger partial charge < -0.3 is 10.2 Å². The van der Waals surface area contributed by atoms with Crippen molar-refractivity contribution in [1.29, 1.82) is 5.41 Å². The molecule has 0 fully saturated rings. The van der Waals surface area contributed by atoms with Gasteiger partial charge >= 0.3 is 0 Å². The molecule has 0 bridgehead atoms. The second-order valence-electron chi connectivity index (χ2n) is 4.31. The Morgan fingerprint density at radius 3 is 2.83 bits per heavy atom. The van der Waals surface area contributed by atoms with Crippen molar-refractivity contribution in [2.75, 3.05) is 26.0 Å². The van der Waals surface area contributed by atoms with Crippen molar-refractivity contribution < 1.29 is 4.79 Å². The number of guanidine groups is 1. The number of fused-ring (bicyclic) bond motifs is 1. The Morgan fingerprint density at radius 1 is 1.39 bits per heavy atom. The highest BCUT2D eigenvalue weighted by molar-refractivity contribution is 6.08. The summed E-state index contributed by atoms with van der Waals surface area (Å²) in [6, 6.07) is 7.81. The van der Waals surface area contributed by atoms with Gasteiger partial charge in [-0.1, -0.05) is 18.2 Å². The van der Waals surface area contributed by atoms with Gasteiger partial charge in [-0.3, -0.25) is 15.5 Å². The van der Waals surface area contributed by atoms with Crippen LogP contribution in [0.4, 0.5) is 5.69 Å². The van der Waals surface area contributed by atoms with Crippen LogP contribution in [0.5, 0.6) is 0 Å². The molecule has 0 aromatic heterocycles. The molecular weight excluding hydrogens is 228 g/mol. The molecule has 0 saturated carbocycles. The number of carbonyl (C=O) groups excluding carboxylic acids is 1. The number of hydrogen-bond donors (Lipinski definition) is 3. The van der Waals surface area contributed by atoms with Crippen molar-refractivity contribution in [2.45, 2.75) is 0 Å². The average molecular weight is 244 g/mol. The van der Waals surface area contributed by atoms with Crippen LogP contribution in [0.15, 0.2) is 29.8 Å². The molecule has 0 radical (unpaired) electrons. The quantitative estimate of drug-likeness (QED) is 0.512. The molecule has 0 spiro atoms. The molecule has 0 aliphatic carbocycles. The van der Waals surface area contributed by atoms with Gasteiger partial charge in [0.2, 0.25) is 0 Å². The lowest BCUT2D eigenvalue weighted by Gasteiger charge is -2.19. The standard InChI is InChI=1S/C13H16N4O/c1-17(2)13(14)16-12(18)10-7-9-5-3-4-6-11(9)15-8-10/h3-7,15H,8H2,1-2H3,(H2,14,16,18). The second-order valence-corrected chi connectivity index (χ2v) is 4.31. The van der Waals surface area contributed by atoms with Gasteiger partial charge in [-0.25, -0.2) is 0 Å². The fraction of sp³-hybridized carbons (Fsp3) is 0.231. The monoisotopic (exact) mass is 244 g/mol. The van der Waals surface area contributed by atoms with Crippen molar-refractivity contribution in [3.63, 3.8) is 0 Å². The number of nitrogens with zero attached hydrogens (tertiary/aromatic N) is 1. The molecule has 5 nitrogen and oxygen atoms in total. The number of carbonyl (C=O) groups is 1. The van der Waals surface area contributed by atoms with Crippen LogP contribution in [0.2, 0.25) is 0 Å². The SMILES string of the molecule is CN(C)C(=N)NC(=O)C1=Cc2ccccc2NC1. The predicted octanol–water partition coefficient (Wildman–Crippen LogP) is 1.11. The first-order chi connectivity index (χ1) is 8.58. The fourth-order valence-electron chi connectivity index (χ4n) is 1.66. The average Bonchev–Trinajstić information content (AvgIpc) is 2.37. The van der Waals surface area contributed by atoms with Gasteiger partial charge in [0, 0.05) is 31.9 Å². The minimum absolute atomic E-state index is 0.0831. The molecule has 1 amide bonds. The molecular formula is C13H16N4O. The molecule has 1 aliphatic heterocycles. The van der Waals surface area contributed by atoms with Gasteiger partial charge in [-0.05, 0) is 17.7 Å². The first-order valence-corrected chi connectivity index (χ1v) is 5.68. The van der Waals surface area contributed by atoms with E-state index in [2.05, 4.69) is 10.6 Å². The van der Waals surface area contributed by atoms with Gasteiger partial charge in [0.05, 0.1) is 0 Å². The molecule has 0 unspecified atom stereocenters. The van der Waals surface area contributed by atoms with Gasteiger partial charge in [0.1, 0.15) is 0 Å². The van der Waals surface area contributed by atoms with Crippen molar-refractivity contribution in [3.8, 4) is 0 Å². The van der Waals surface area contributed by atoms with Crippen LogP contribution >= 0.6 is 0 Å². The number of para-hydroxylation sites is 1. The van der Waals surface area contributed by atoms with E-state index >= 15 is 0 Å². The third-order valence-corrected chi connectivity index (χ3v) is 2.73. The van der Waals surface area contributed by atoms with E-state index in [1.807, 2.05) is 30.3 Å². The fourth-order valence-corrected chi connectivity index (χ4v) is 1.66. The molecule has 1 aliphatic rings. The Hall–Kier alpha value is -2.30. The molecule has 3 N–H and O–H groups in total. The highest BCUT2D eigenvalue weighted by Gasteiger charge is 2.16. The molecule has 5 heteroatoms. The zero-order chi connectivity index (χ0) is 13.1. The zero-order valence-electron chi connectivity index (χ0n) is 10.4. The minimum Gasteiger partial charge on any atom is -0.380 e. The van der Waals surface area contributed by atoms with Gasteiger partial charge in [-0.15, -0.1) is 0 Å². The summed E-state index contributed by atoms with van der Waals surface area (Å²) in [6.45, 7) is 0.476. The molecule has 2 rings (SSSR count). The van der Waals surface area contributed by atoms with Crippen LogP contribution in [0, 0.1) is 5.41 Å². The van der Waals surface area contributed by atoms with E-state index in [1.165, 1.54) is 0 Å². The van der Waals surface area contributed by atoms with Crippen molar-refractivity contribution in [3.05, 3.63) is 35.4 Å². The summed E-state index contributed by atoms with van der Waals surface area (Å²) in [6.07, 6.45) is 1.85. The van der Waals surface area contributed by atoms with Crippen LogP contribution in [0.25, 0.3) is 6.08 Å². The topological polar surface area (TPSA) is 68.2 Å². The Balaban J connectivity index is 2.14. The molecule has 1 aromatic carbocycles. The van der Waals surface area contributed by atoms with E-state index in [4.69, 9.17) is 5.41 Å². The van der Waals surface area contributed by atoms with E-state index in [9.17, 15) is 4.79 Å². The molecule has 94 valence electrons. The maximum Gasteiger partial charge on any atom is 0.255 e. The Bertz CT molecular complexity index is 519. The highest BCUT2D eigenvalue weighted by Crippen LogP contribution is 2.22. The van der Waals surface area contributed by atoms with Crippen LogP contribution in [0.3, 0.4) is 0 Å². The maximum absolute atomic E-state index is 11.9. The van der Waals surface area contributed by atoms with E-state index < -0.39 is 0 Å². The van der Waals surface area contributed by atoms with E-state index in [0.29, 0.717) is 12.1 Å². The summed E-state index contributed by atoms with van der Waals surface area (Å²) >= 11 is 0. The summed E-state index contributed by atoms with van der Waals surface area (Å²) in [5.74, 6) is -0.157. The van der Waals surface area contributed by atoms with Crippen molar-refractivity contribution in [1.82, 2.24) is 10.2 Å². The maximum atomic E-state index is 11.9. The lowest BCUT2D eigenvalue weighted by atomic mass is 10.0. The minimum atomic E-state index is -0.240. The smallest absolute Gasteiger partial charge is 0.255 e. The number of anilines is 1. The van der Waals surface area contributed by atoms with Crippen LogP contribution < -0.4 is 10.6 Å². The largest absolute Gasteiger partial charge is 0.380 e. The van der Waals surface area contributed by atoms with Gasteiger partial charge in [-0.2, -0.15) is 0 Å². The molecule has 1 heterocycles. The zero-order valence-corrected chi connectivity index (χ0v) is 10.4. The van der Waals surface area contributed by atoms with Crippen molar-refractivity contribution in [2.24, 2.45) is 0 Å². The molecule has 0 saturated heterocycles. The third kappa shape index (κ3) is 2.51. The molecule has 18 heavy (non-hydrogen) atoms. The van der Waals surface area contributed by atoms with Crippen LogP contribution in [-0.4, -0.2) is 37.4 Å². The summed E-state index contributed by atoms with van der Waals surface area (Å²) in [5.41, 5.74) is 2.64. The van der Waals surface area contributed by atoms with E-state index in [-0.39, 0.29) is 11.9 Å². The lowest BCUT2D eigenvalue weighted by molar-refractivity contribution is -0.116. The van der Waals surface area contributed by atoms with Crippen molar-refractivity contribution >= 4 is 23.6 Å². The molecule has 0 atom stereocenters. The third-order valence-electron chi connectivity index (χ3n) is 2.73. The number of amides is 1. The highest BCUT2D eigenvalue weighted by atomic mass is 16.1. The molecule has 1 aromatic rings. The van der Waals surface area contributed by atoms with Crippen LogP contribution in [-0.2, 0) is 4.79 Å². The Morgan fingerprint density at radius 2 is 2.11 bits per heavy atom. The predicted molar refractivity (Wildman–Crippen MR) is 72.5 cm³/mol. The Kier molecular flexibility index (Phi) is 3.32. The normalized spacial score (nSPS) is 12.9. The second kappa shape index (κ2) is 4.91. The van der Waals surface area contributed by atoms with Crippen LogP contribution in [0.1, 0.15) is 5.56 Å².